The van der Waals surface area contributed by atoms with Crippen LogP contribution < -0.4 is 15.8 Å². The Morgan fingerprint density at radius 3 is 2.59 bits per heavy atom. The molecule has 27 heavy (non-hydrogen) atoms. The van der Waals surface area contributed by atoms with Gasteiger partial charge in [-0.3, -0.25) is 4.79 Å². The van der Waals surface area contributed by atoms with Crippen LogP contribution in [0.15, 0.2) is 23.1 Å². The van der Waals surface area contributed by atoms with Crippen LogP contribution in [-0.4, -0.2) is 44.9 Å². The van der Waals surface area contributed by atoms with Crippen molar-refractivity contribution < 1.29 is 17.9 Å². The molecule has 0 spiro atoms. The highest BCUT2D eigenvalue weighted by Crippen LogP contribution is 2.32. The van der Waals surface area contributed by atoms with Gasteiger partial charge in [0.2, 0.25) is 15.9 Å². The van der Waals surface area contributed by atoms with Crippen molar-refractivity contribution in [2.45, 2.75) is 55.9 Å². The fourth-order valence-corrected chi connectivity index (χ4v) is 5.67. The summed E-state index contributed by atoms with van der Waals surface area (Å²) in [7, 11) is -2.21. The highest BCUT2D eigenvalue weighted by Gasteiger charge is 2.30. The standard InChI is InChI=1S/C19H29N3O4S/c1-26-17-9-8-15(21-19(23)12-14-6-5-7-16(14)20)13-18(17)27(24,25)22-10-3-2-4-11-22/h8-9,13-14,16H,2-7,10-12,20H2,1H3,(H,21,23)/t14-,16+/m0/s1. The summed E-state index contributed by atoms with van der Waals surface area (Å²) >= 11 is 0. The van der Waals surface area contributed by atoms with Crippen molar-refractivity contribution in [3.05, 3.63) is 18.2 Å². The zero-order chi connectivity index (χ0) is 19.4. The molecule has 0 bridgehead atoms. The molecule has 2 fully saturated rings. The molecule has 8 heteroatoms. The average molecular weight is 396 g/mol. The second-order valence-corrected chi connectivity index (χ2v) is 9.34. The van der Waals surface area contributed by atoms with E-state index < -0.39 is 10.0 Å². The van der Waals surface area contributed by atoms with Gasteiger partial charge in [-0.05, 0) is 49.8 Å². The monoisotopic (exact) mass is 395 g/mol. The molecule has 1 aliphatic carbocycles. The van der Waals surface area contributed by atoms with Gasteiger partial charge in [-0.2, -0.15) is 4.31 Å². The third-order valence-electron chi connectivity index (χ3n) is 5.55. The minimum absolute atomic E-state index is 0.0710. The zero-order valence-electron chi connectivity index (χ0n) is 15.8. The number of hydrogen-bond donors (Lipinski definition) is 2. The Morgan fingerprint density at radius 2 is 1.96 bits per heavy atom. The van der Waals surface area contributed by atoms with Crippen molar-refractivity contribution in [3.8, 4) is 5.75 Å². The van der Waals surface area contributed by atoms with Crippen LogP contribution >= 0.6 is 0 Å². The van der Waals surface area contributed by atoms with Crippen LogP contribution in [0, 0.1) is 5.92 Å². The molecule has 7 nitrogen and oxygen atoms in total. The molecule has 2 aliphatic rings. The van der Waals surface area contributed by atoms with Crippen molar-refractivity contribution in [3.63, 3.8) is 0 Å². The Morgan fingerprint density at radius 1 is 1.22 bits per heavy atom. The number of piperidine rings is 1. The molecule has 1 heterocycles. The number of methoxy groups -OCH3 is 1. The number of hydrogen-bond acceptors (Lipinski definition) is 5. The third kappa shape index (κ3) is 4.62. The summed E-state index contributed by atoms with van der Waals surface area (Å²) in [5.74, 6) is 0.347. The lowest BCUT2D eigenvalue weighted by Crippen LogP contribution is -2.35. The van der Waals surface area contributed by atoms with Crippen molar-refractivity contribution in [1.29, 1.82) is 0 Å². The second-order valence-electron chi connectivity index (χ2n) is 7.44. The van der Waals surface area contributed by atoms with E-state index in [1.54, 1.807) is 12.1 Å². The fourth-order valence-electron chi connectivity index (χ4n) is 3.97. The van der Waals surface area contributed by atoms with Gasteiger partial charge in [0.1, 0.15) is 10.6 Å². The summed E-state index contributed by atoms with van der Waals surface area (Å²) in [5, 5.41) is 2.82. The van der Waals surface area contributed by atoms with Gasteiger partial charge in [0, 0.05) is 31.2 Å². The van der Waals surface area contributed by atoms with Gasteiger partial charge in [-0.1, -0.05) is 12.8 Å². The smallest absolute Gasteiger partial charge is 0.246 e. The number of carbonyl (C=O) groups excluding carboxylic acids is 1. The van der Waals surface area contributed by atoms with E-state index in [0.29, 0.717) is 25.2 Å². The van der Waals surface area contributed by atoms with Gasteiger partial charge in [-0.25, -0.2) is 8.42 Å². The largest absolute Gasteiger partial charge is 0.495 e. The molecular weight excluding hydrogens is 366 g/mol. The summed E-state index contributed by atoms with van der Waals surface area (Å²) in [6.45, 7) is 1.03. The Labute approximate surface area is 161 Å². The first kappa shape index (κ1) is 20.1. The molecule has 1 aromatic rings. The van der Waals surface area contributed by atoms with Crippen molar-refractivity contribution in [1.82, 2.24) is 4.31 Å². The van der Waals surface area contributed by atoms with E-state index in [9.17, 15) is 13.2 Å². The minimum Gasteiger partial charge on any atom is -0.495 e. The predicted molar refractivity (Wildman–Crippen MR) is 104 cm³/mol. The first-order valence-corrected chi connectivity index (χ1v) is 11.1. The van der Waals surface area contributed by atoms with E-state index in [-0.39, 0.29) is 28.5 Å². The lowest BCUT2D eigenvalue weighted by Gasteiger charge is -2.26. The number of rotatable bonds is 6. The quantitative estimate of drug-likeness (QED) is 0.770. The van der Waals surface area contributed by atoms with Gasteiger partial charge >= 0.3 is 0 Å². The highest BCUT2D eigenvalue weighted by molar-refractivity contribution is 7.89. The zero-order valence-corrected chi connectivity index (χ0v) is 16.6. The Balaban J connectivity index is 1.77. The van der Waals surface area contributed by atoms with Crippen molar-refractivity contribution in [2.75, 3.05) is 25.5 Å². The molecule has 1 aliphatic heterocycles. The Hall–Kier alpha value is -1.64. The maximum Gasteiger partial charge on any atom is 0.246 e. The molecular formula is C19H29N3O4S. The van der Waals surface area contributed by atoms with Crippen molar-refractivity contribution >= 4 is 21.6 Å². The second kappa shape index (κ2) is 8.58. The number of anilines is 1. The lowest BCUT2D eigenvalue weighted by atomic mass is 10.00. The number of nitrogens with two attached hydrogens (primary N) is 1. The van der Waals surface area contributed by atoms with Gasteiger partial charge in [0.05, 0.1) is 7.11 Å². The molecule has 1 aromatic carbocycles. The van der Waals surface area contributed by atoms with Crippen molar-refractivity contribution in [2.24, 2.45) is 11.7 Å². The van der Waals surface area contributed by atoms with Crippen LogP contribution in [0.5, 0.6) is 5.75 Å². The SMILES string of the molecule is COc1ccc(NC(=O)C[C@@H]2CCC[C@H]2N)cc1S(=O)(=O)N1CCCCC1. The highest BCUT2D eigenvalue weighted by atomic mass is 32.2. The van der Waals surface area contributed by atoms with E-state index in [4.69, 9.17) is 10.5 Å². The van der Waals surface area contributed by atoms with Crippen LogP contribution in [0.25, 0.3) is 0 Å². The number of nitrogens with zero attached hydrogens (tertiary/aromatic N) is 1. The van der Waals surface area contributed by atoms with Crippen LogP contribution in [0.3, 0.4) is 0 Å². The maximum atomic E-state index is 13.0. The summed E-state index contributed by atoms with van der Waals surface area (Å²) in [4.78, 5) is 12.5. The molecule has 1 saturated heterocycles. The van der Waals surface area contributed by atoms with E-state index in [1.165, 1.54) is 17.5 Å². The third-order valence-corrected chi connectivity index (χ3v) is 7.47. The van der Waals surface area contributed by atoms with E-state index in [0.717, 1.165) is 38.5 Å². The van der Waals surface area contributed by atoms with Gasteiger partial charge < -0.3 is 15.8 Å². The number of carbonyl (C=O) groups is 1. The Bertz CT molecular complexity index is 775. The number of benzene rings is 1. The van der Waals surface area contributed by atoms with Crippen LogP contribution in [0.1, 0.15) is 44.9 Å². The summed E-state index contributed by atoms with van der Waals surface area (Å²) in [6.07, 6.45) is 6.10. The number of nitrogens with one attached hydrogen (secondary N) is 1. The van der Waals surface area contributed by atoms with Gasteiger partial charge in [-0.15, -0.1) is 0 Å². The first-order valence-electron chi connectivity index (χ1n) is 9.65. The normalized spacial score (nSPS) is 23.9. The molecule has 2 atom stereocenters. The maximum absolute atomic E-state index is 13.0. The van der Waals surface area contributed by atoms with E-state index >= 15 is 0 Å². The molecule has 1 amide bonds. The molecule has 3 rings (SSSR count). The molecule has 0 unspecified atom stereocenters. The van der Waals surface area contributed by atoms with E-state index in [1.807, 2.05) is 0 Å². The van der Waals surface area contributed by atoms with E-state index in [2.05, 4.69) is 5.32 Å². The van der Waals surface area contributed by atoms with Gasteiger partial charge in [0.15, 0.2) is 0 Å². The molecule has 3 N–H and O–H groups in total. The molecule has 1 saturated carbocycles. The van der Waals surface area contributed by atoms with Crippen LogP contribution in [0.4, 0.5) is 5.69 Å². The first-order chi connectivity index (χ1) is 12.9. The number of amides is 1. The molecule has 150 valence electrons. The molecule has 0 radical (unpaired) electrons. The Kier molecular flexibility index (Phi) is 6.39. The summed E-state index contributed by atoms with van der Waals surface area (Å²) in [5.41, 5.74) is 6.50. The van der Waals surface area contributed by atoms with Gasteiger partial charge in [0.25, 0.3) is 0 Å². The number of sulfonamides is 1. The summed E-state index contributed by atoms with van der Waals surface area (Å²) < 4.78 is 32.9. The topological polar surface area (TPSA) is 102 Å². The summed E-state index contributed by atoms with van der Waals surface area (Å²) in [6, 6.07) is 4.82. The lowest BCUT2D eigenvalue weighted by molar-refractivity contribution is -0.117. The number of ether oxygens (including phenoxy) is 1. The average Bonchev–Trinajstić information content (AvgIpc) is 3.07. The molecule has 0 aromatic heterocycles. The fraction of sp³-hybridized carbons (Fsp3) is 0.632. The minimum atomic E-state index is -3.66. The predicted octanol–water partition coefficient (Wildman–Crippen LogP) is 2.33. The van der Waals surface area contributed by atoms with Crippen LogP contribution in [-0.2, 0) is 14.8 Å². The van der Waals surface area contributed by atoms with Crippen LogP contribution in [0.2, 0.25) is 0 Å².